The zero-order valence-electron chi connectivity index (χ0n) is 13.9. The van der Waals surface area contributed by atoms with E-state index in [2.05, 4.69) is 5.32 Å². The van der Waals surface area contributed by atoms with Gasteiger partial charge in [0.15, 0.2) is 9.84 Å². The highest BCUT2D eigenvalue weighted by Crippen LogP contribution is 2.29. The molecule has 1 aliphatic heterocycles. The van der Waals surface area contributed by atoms with Gasteiger partial charge in [0.2, 0.25) is 0 Å². The van der Waals surface area contributed by atoms with Gasteiger partial charge >= 0.3 is 0 Å². The third kappa shape index (κ3) is 3.51. The molecule has 0 unspecified atom stereocenters. The fraction of sp³-hybridized carbons (Fsp3) is 0.158. The Morgan fingerprint density at radius 1 is 0.833 bits per heavy atom. The number of nitrogens with zero attached hydrogens (tertiary/aromatic N) is 1. The Hall–Kier alpha value is -2.53. The van der Waals surface area contributed by atoms with Crippen molar-refractivity contribution in [3.63, 3.8) is 0 Å². The van der Waals surface area contributed by atoms with E-state index >= 15 is 0 Å². The van der Waals surface area contributed by atoms with Gasteiger partial charge < -0.3 is 10.2 Å². The van der Waals surface area contributed by atoms with E-state index in [-0.39, 0.29) is 0 Å². The van der Waals surface area contributed by atoms with E-state index < -0.39 is 9.84 Å². The fourth-order valence-corrected chi connectivity index (χ4v) is 3.72. The first-order valence-corrected chi connectivity index (χ1v) is 9.28. The van der Waals surface area contributed by atoms with Crippen molar-refractivity contribution in [2.24, 2.45) is 0 Å². The predicted molar refractivity (Wildman–Crippen MR) is 98.7 cm³/mol. The summed E-state index contributed by atoms with van der Waals surface area (Å²) in [6.07, 6.45) is 0. The van der Waals surface area contributed by atoms with Crippen molar-refractivity contribution >= 4 is 21.2 Å². The molecule has 0 bridgehead atoms. The number of hydrogen-bond donors (Lipinski definition) is 1. The Bertz CT molecular complexity index is 909. The minimum atomic E-state index is -3.43. The van der Waals surface area contributed by atoms with Crippen LogP contribution in [-0.4, -0.2) is 20.4 Å². The highest BCUT2D eigenvalue weighted by atomic mass is 32.2. The predicted octanol–water partition coefficient (Wildman–Crippen LogP) is 3.87. The van der Waals surface area contributed by atoms with E-state index in [0.717, 1.165) is 22.4 Å². The van der Waals surface area contributed by atoms with E-state index in [0.29, 0.717) is 11.5 Å². The second-order valence-electron chi connectivity index (χ2n) is 6.01. The Kier molecular flexibility index (Phi) is 4.20. The minimum Gasteiger partial charge on any atom is -0.341 e. The molecule has 1 aliphatic rings. The maximum atomic E-state index is 12.3. The smallest absolute Gasteiger partial charge is 0.198 e. The molecule has 24 heavy (non-hydrogen) atoms. The summed E-state index contributed by atoms with van der Waals surface area (Å²) in [6.45, 7) is 4.02. The number of anilines is 1. The van der Waals surface area contributed by atoms with Crippen LogP contribution in [0.5, 0.6) is 0 Å². The molecule has 1 heterocycles. The molecule has 1 N–H and O–H groups in total. The summed E-state index contributed by atoms with van der Waals surface area (Å²) in [6, 6.07) is 15.6. The van der Waals surface area contributed by atoms with E-state index in [1.807, 2.05) is 74.3 Å². The molecular formula is C19H20N2O2S. The van der Waals surface area contributed by atoms with Crippen molar-refractivity contribution < 1.29 is 8.42 Å². The lowest BCUT2D eigenvalue weighted by Gasteiger charge is -2.29. The van der Waals surface area contributed by atoms with Crippen LogP contribution in [0.3, 0.4) is 0 Å². The van der Waals surface area contributed by atoms with Gasteiger partial charge in [0.05, 0.1) is 16.5 Å². The lowest BCUT2D eigenvalue weighted by Crippen LogP contribution is -2.26. The van der Waals surface area contributed by atoms with Gasteiger partial charge in [-0.2, -0.15) is 0 Å². The fourth-order valence-electron chi connectivity index (χ4n) is 2.52. The first-order chi connectivity index (χ1) is 11.3. The molecule has 0 aromatic heterocycles. The molecule has 0 amide bonds. The molecule has 4 nitrogen and oxygen atoms in total. The summed E-state index contributed by atoms with van der Waals surface area (Å²) in [7, 11) is -1.57. The van der Waals surface area contributed by atoms with Crippen molar-refractivity contribution in [1.29, 1.82) is 0 Å². The van der Waals surface area contributed by atoms with Crippen LogP contribution in [0.4, 0.5) is 5.69 Å². The molecule has 0 saturated carbocycles. The average molecular weight is 340 g/mol. The number of benzene rings is 2. The molecule has 0 spiro atoms. The molecule has 2 aromatic carbocycles. The molecule has 2 aromatic rings. The summed E-state index contributed by atoms with van der Waals surface area (Å²) in [5.41, 5.74) is 4.64. The van der Waals surface area contributed by atoms with Gasteiger partial charge in [-0.05, 0) is 31.5 Å². The number of rotatable bonds is 3. The highest BCUT2D eigenvalue weighted by molar-refractivity contribution is 7.97. The third-order valence-corrected chi connectivity index (χ3v) is 5.05. The molecule has 0 atom stereocenters. The van der Waals surface area contributed by atoms with E-state index in [1.165, 1.54) is 10.8 Å². The summed E-state index contributed by atoms with van der Waals surface area (Å²) in [5.74, 6) is 0.525. The third-order valence-electron chi connectivity index (χ3n) is 3.95. The highest BCUT2D eigenvalue weighted by Gasteiger charge is 2.22. The van der Waals surface area contributed by atoms with Crippen molar-refractivity contribution in [3.05, 3.63) is 81.9 Å². The van der Waals surface area contributed by atoms with Gasteiger partial charge in [0.1, 0.15) is 5.82 Å². The molecule has 0 radical (unpaired) electrons. The zero-order valence-corrected chi connectivity index (χ0v) is 14.8. The van der Waals surface area contributed by atoms with Crippen LogP contribution in [0.2, 0.25) is 0 Å². The summed E-state index contributed by atoms with van der Waals surface area (Å²) >= 11 is 0. The first-order valence-electron chi connectivity index (χ1n) is 7.67. The van der Waals surface area contributed by atoms with Crippen molar-refractivity contribution in [1.82, 2.24) is 4.90 Å². The van der Waals surface area contributed by atoms with E-state index in [1.54, 1.807) is 0 Å². The van der Waals surface area contributed by atoms with E-state index in [4.69, 9.17) is 0 Å². The van der Waals surface area contributed by atoms with Crippen LogP contribution in [0.25, 0.3) is 5.70 Å². The SMILES string of the molecule is Cc1ccc(NC2=CS(=O)(=O)C=C(c3ccc(C)cc3)N2C)cc1. The summed E-state index contributed by atoms with van der Waals surface area (Å²) in [5, 5.41) is 5.75. The normalized spacial score (nSPS) is 16.4. The van der Waals surface area contributed by atoms with Gasteiger partial charge in [-0.15, -0.1) is 0 Å². The largest absolute Gasteiger partial charge is 0.341 e. The molecule has 0 aliphatic carbocycles. The zero-order chi connectivity index (χ0) is 17.3. The molecule has 5 heteroatoms. The second kappa shape index (κ2) is 6.17. The Morgan fingerprint density at radius 3 is 1.96 bits per heavy atom. The Labute approximate surface area is 143 Å². The minimum absolute atomic E-state index is 0.525. The number of sulfone groups is 1. The van der Waals surface area contributed by atoms with Gasteiger partial charge in [-0.3, -0.25) is 0 Å². The summed E-state index contributed by atoms with van der Waals surface area (Å²) in [4.78, 5) is 1.85. The maximum Gasteiger partial charge on any atom is 0.198 e. The number of hydrogen-bond acceptors (Lipinski definition) is 4. The van der Waals surface area contributed by atoms with Crippen LogP contribution >= 0.6 is 0 Å². The second-order valence-corrected chi connectivity index (χ2v) is 7.66. The maximum absolute atomic E-state index is 12.3. The van der Waals surface area contributed by atoms with Gasteiger partial charge in [0, 0.05) is 12.7 Å². The molecule has 0 saturated heterocycles. The van der Waals surface area contributed by atoms with Gasteiger partial charge in [-0.1, -0.05) is 47.5 Å². The lowest BCUT2D eigenvalue weighted by molar-refractivity contribution is 0.584. The van der Waals surface area contributed by atoms with E-state index in [9.17, 15) is 8.42 Å². The van der Waals surface area contributed by atoms with Crippen LogP contribution in [0.15, 0.2) is 65.2 Å². The first kappa shape index (κ1) is 16.3. The Balaban J connectivity index is 1.95. The quantitative estimate of drug-likeness (QED) is 0.921. The standard InChI is InChI=1S/C19H20N2O2S/c1-14-4-8-16(9-5-14)18-12-24(22,23)13-19(21(18)3)20-17-10-6-15(2)7-11-17/h4-13,20H,1-3H3. The van der Waals surface area contributed by atoms with Crippen molar-refractivity contribution in [3.8, 4) is 0 Å². The average Bonchev–Trinajstić information content (AvgIpc) is 2.53. The van der Waals surface area contributed by atoms with Crippen LogP contribution < -0.4 is 5.32 Å². The number of aryl methyl sites for hydroxylation is 2. The van der Waals surface area contributed by atoms with Crippen molar-refractivity contribution in [2.45, 2.75) is 13.8 Å². The van der Waals surface area contributed by atoms with Gasteiger partial charge in [-0.25, -0.2) is 8.42 Å². The Morgan fingerprint density at radius 2 is 1.38 bits per heavy atom. The molecule has 0 fully saturated rings. The van der Waals surface area contributed by atoms with Crippen LogP contribution in [0.1, 0.15) is 16.7 Å². The molecule has 3 rings (SSSR count). The number of nitrogens with one attached hydrogen (secondary N) is 1. The summed E-state index contributed by atoms with van der Waals surface area (Å²) < 4.78 is 24.6. The monoisotopic (exact) mass is 340 g/mol. The molecular weight excluding hydrogens is 320 g/mol. The topological polar surface area (TPSA) is 49.4 Å². The van der Waals surface area contributed by atoms with Crippen LogP contribution in [0, 0.1) is 13.8 Å². The van der Waals surface area contributed by atoms with Crippen LogP contribution in [-0.2, 0) is 9.84 Å². The van der Waals surface area contributed by atoms with Gasteiger partial charge in [0.25, 0.3) is 0 Å². The lowest BCUT2D eigenvalue weighted by atomic mass is 10.1. The molecule has 124 valence electrons. The van der Waals surface area contributed by atoms with Crippen molar-refractivity contribution in [2.75, 3.05) is 12.4 Å².